The summed E-state index contributed by atoms with van der Waals surface area (Å²) in [6, 6.07) is 0. The third kappa shape index (κ3) is 34.2. The summed E-state index contributed by atoms with van der Waals surface area (Å²) in [6.45, 7) is 5.40. The van der Waals surface area contributed by atoms with Crippen molar-refractivity contribution >= 4 is 10.4 Å². The Balaban J connectivity index is -0.000000538. The quantitative estimate of drug-likeness (QED) is 0.167. The van der Waals surface area contributed by atoms with Crippen molar-refractivity contribution in [2.75, 3.05) is 13.7 Å². The molecule has 0 amide bonds. The van der Waals surface area contributed by atoms with Crippen LogP contribution in [0.3, 0.4) is 0 Å². The number of methoxy groups -OCH3 is 1. The SMILES string of the molecule is CCCCCCCCCCCCOS(=O)(=O)[O-].COC(C)(C)O.[Na+]. The second-order valence-corrected chi connectivity index (χ2v) is 7.12. The number of aliphatic hydroxyl groups is 1. The largest absolute Gasteiger partial charge is 1.00 e. The second kappa shape index (κ2) is 18.6. The Morgan fingerprint density at radius 3 is 1.54 bits per heavy atom. The fourth-order valence-corrected chi connectivity index (χ4v) is 2.07. The molecule has 0 saturated heterocycles. The Morgan fingerprint density at radius 2 is 1.25 bits per heavy atom. The number of hydrogen-bond acceptors (Lipinski definition) is 6. The van der Waals surface area contributed by atoms with Crippen LogP contribution in [0.1, 0.15) is 85.0 Å². The van der Waals surface area contributed by atoms with E-state index in [1.807, 2.05) is 0 Å². The fraction of sp³-hybridized carbons (Fsp3) is 1.00. The summed E-state index contributed by atoms with van der Waals surface area (Å²) in [5.74, 6) is -0.958. The Morgan fingerprint density at radius 1 is 0.917 bits per heavy atom. The van der Waals surface area contributed by atoms with Crippen LogP contribution in [0.5, 0.6) is 0 Å². The molecule has 0 bridgehead atoms. The first-order valence-corrected chi connectivity index (χ1v) is 9.83. The predicted molar refractivity (Wildman–Crippen MR) is 90.8 cm³/mol. The molecule has 0 aromatic heterocycles. The van der Waals surface area contributed by atoms with Crippen molar-refractivity contribution < 1.29 is 56.6 Å². The van der Waals surface area contributed by atoms with Gasteiger partial charge in [-0.25, -0.2) is 8.42 Å². The van der Waals surface area contributed by atoms with Gasteiger partial charge in [0.05, 0.1) is 6.61 Å². The normalized spacial score (nSPS) is 11.4. The minimum absolute atomic E-state index is 0. The topological polar surface area (TPSA) is 95.9 Å². The first-order valence-electron chi connectivity index (χ1n) is 8.50. The standard InChI is InChI=1S/C12H26O4S.C4H10O2.Na/c1-2-3-4-5-6-7-8-9-10-11-12-16-17(13,14)15;1-4(2,5)6-3;/h2-12H2,1H3,(H,13,14,15);5H,1-3H3;/q;;+1/p-1. The summed E-state index contributed by atoms with van der Waals surface area (Å²) in [5, 5.41) is 8.60. The van der Waals surface area contributed by atoms with Crippen LogP contribution in [0.4, 0.5) is 0 Å². The van der Waals surface area contributed by atoms with Gasteiger partial charge in [-0.2, -0.15) is 0 Å². The van der Waals surface area contributed by atoms with Crippen LogP contribution in [-0.2, 0) is 19.3 Å². The maximum absolute atomic E-state index is 10.1. The summed E-state index contributed by atoms with van der Waals surface area (Å²) in [7, 11) is -3.03. The van der Waals surface area contributed by atoms with Crippen molar-refractivity contribution in [3.05, 3.63) is 0 Å². The van der Waals surface area contributed by atoms with Crippen LogP contribution in [0, 0.1) is 0 Å². The van der Waals surface area contributed by atoms with Gasteiger partial charge in [0.1, 0.15) is 0 Å². The van der Waals surface area contributed by atoms with E-state index in [0.717, 1.165) is 12.8 Å². The Hall–Kier alpha value is 0.790. The molecule has 0 aliphatic carbocycles. The molecule has 0 aromatic carbocycles. The first-order chi connectivity index (χ1) is 10.6. The Labute approximate surface area is 170 Å². The molecular formula is C16H35NaO6S. The molecule has 0 atom stereocenters. The molecule has 6 nitrogen and oxygen atoms in total. The fourth-order valence-electron chi connectivity index (χ4n) is 1.75. The van der Waals surface area contributed by atoms with Crippen LogP contribution in [0.15, 0.2) is 0 Å². The molecule has 0 aromatic rings. The van der Waals surface area contributed by atoms with Crippen molar-refractivity contribution in [3.63, 3.8) is 0 Å². The van der Waals surface area contributed by atoms with Gasteiger partial charge >= 0.3 is 29.6 Å². The molecule has 0 unspecified atom stereocenters. The summed E-state index contributed by atoms with van der Waals surface area (Å²) < 4.78 is 39.0. The van der Waals surface area contributed by atoms with E-state index in [-0.39, 0.29) is 36.2 Å². The Kier molecular flexibility index (Phi) is 22.9. The third-order valence-electron chi connectivity index (χ3n) is 3.23. The summed E-state index contributed by atoms with van der Waals surface area (Å²) >= 11 is 0. The van der Waals surface area contributed by atoms with E-state index in [0.29, 0.717) is 6.42 Å². The van der Waals surface area contributed by atoms with Crippen molar-refractivity contribution in [2.45, 2.75) is 90.8 Å². The van der Waals surface area contributed by atoms with Crippen molar-refractivity contribution in [1.29, 1.82) is 0 Å². The molecular weight excluding hydrogens is 343 g/mol. The van der Waals surface area contributed by atoms with E-state index in [4.69, 9.17) is 5.11 Å². The molecule has 142 valence electrons. The molecule has 0 heterocycles. The first kappa shape index (κ1) is 29.5. The van der Waals surface area contributed by atoms with E-state index in [1.54, 1.807) is 13.8 Å². The average molecular weight is 379 g/mol. The van der Waals surface area contributed by atoms with Crippen molar-refractivity contribution in [2.24, 2.45) is 0 Å². The smallest absolute Gasteiger partial charge is 0.726 e. The van der Waals surface area contributed by atoms with Gasteiger partial charge in [0.15, 0.2) is 5.79 Å². The molecule has 0 spiro atoms. The average Bonchev–Trinajstić information content (AvgIpc) is 2.43. The van der Waals surface area contributed by atoms with Crippen LogP contribution >= 0.6 is 0 Å². The zero-order chi connectivity index (χ0) is 18.2. The van der Waals surface area contributed by atoms with E-state index in [9.17, 15) is 13.0 Å². The van der Waals surface area contributed by atoms with E-state index >= 15 is 0 Å². The predicted octanol–water partition coefficient (Wildman–Crippen LogP) is 0.749. The summed E-state index contributed by atoms with van der Waals surface area (Å²) in [5.41, 5.74) is 0. The van der Waals surface area contributed by atoms with Crippen LogP contribution in [0.25, 0.3) is 0 Å². The van der Waals surface area contributed by atoms with Gasteiger partial charge in [0, 0.05) is 7.11 Å². The van der Waals surface area contributed by atoms with Gasteiger partial charge in [0.25, 0.3) is 0 Å². The van der Waals surface area contributed by atoms with Gasteiger partial charge in [-0.1, -0.05) is 64.7 Å². The monoisotopic (exact) mass is 378 g/mol. The Bertz CT molecular complexity index is 341. The van der Waals surface area contributed by atoms with Crippen LogP contribution < -0.4 is 29.6 Å². The molecule has 0 aliphatic rings. The van der Waals surface area contributed by atoms with Gasteiger partial charge < -0.3 is 14.4 Å². The van der Waals surface area contributed by atoms with Crippen molar-refractivity contribution in [3.8, 4) is 0 Å². The zero-order valence-electron chi connectivity index (χ0n) is 16.2. The van der Waals surface area contributed by atoms with E-state index in [2.05, 4.69) is 15.8 Å². The summed E-state index contributed by atoms with van der Waals surface area (Å²) in [4.78, 5) is 0. The van der Waals surface area contributed by atoms with Gasteiger partial charge in [0.2, 0.25) is 10.4 Å². The molecule has 8 heteroatoms. The molecule has 0 rings (SSSR count). The third-order valence-corrected chi connectivity index (χ3v) is 3.68. The van der Waals surface area contributed by atoms with Crippen LogP contribution in [0.2, 0.25) is 0 Å². The van der Waals surface area contributed by atoms with E-state index < -0.39 is 16.2 Å². The number of ether oxygens (including phenoxy) is 1. The van der Waals surface area contributed by atoms with Crippen LogP contribution in [-0.4, -0.2) is 37.6 Å². The minimum Gasteiger partial charge on any atom is -0.726 e. The van der Waals surface area contributed by atoms with Gasteiger partial charge in [-0.15, -0.1) is 0 Å². The van der Waals surface area contributed by atoms with Gasteiger partial charge in [-0.05, 0) is 20.3 Å². The molecule has 24 heavy (non-hydrogen) atoms. The molecule has 0 radical (unpaired) electrons. The molecule has 0 fully saturated rings. The maximum Gasteiger partial charge on any atom is 1.00 e. The summed E-state index contributed by atoms with van der Waals surface area (Å²) in [6.07, 6.45) is 11.7. The molecule has 1 N–H and O–H groups in total. The number of unbranched alkanes of at least 4 members (excludes halogenated alkanes) is 9. The minimum atomic E-state index is -4.48. The molecule has 0 aliphatic heterocycles. The second-order valence-electron chi connectivity index (χ2n) is 6.06. The molecule has 0 saturated carbocycles. The number of hydrogen-bond donors (Lipinski definition) is 1. The maximum atomic E-state index is 10.1. The van der Waals surface area contributed by atoms with E-state index in [1.165, 1.54) is 52.1 Å². The van der Waals surface area contributed by atoms with Gasteiger partial charge in [-0.3, -0.25) is 4.18 Å². The zero-order valence-corrected chi connectivity index (χ0v) is 19.0. The number of rotatable bonds is 13. The van der Waals surface area contributed by atoms with Crippen molar-refractivity contribution in [1.82, 2.24) is 0 Å².